The lowest BCUT2D eigenvalue weighted by atomic mass is 10.0. The summed E-state index contributed by atoms with van der Waals surface area (Å²) in [5.41, 5.74) is 1.33. The summed E-state index contributed by atoms with van der Waals surface area (Å²) >= 11 is 9.25. The van der Waals surface area contributed by atoms with Crippen molar-refractivity contribution in [3.8, 4) is 0 Å². The van der Waals surface area contributed by atoms with Crippen molar-refractivity contribution < 1.29 is 9.90 Å². The van der Waals surface area contributed by atoms with E-state index in [0.29, 0.717) is 11.1 Å². The highest BCUT2D eigenvalue weighted by Crippen LogP contribution is 2.31. The summed E-state index contributed by atoms with van der Waals surface area (Å²) in [6.45, 7) is 1.31. The number of carbonyl (C=O) groups excluding carboxylic acids is 1. The maximum Gasteiger partial charge on any atom is 0.152 e. The van der Waals surface area contributed by atoms with Gasteiger partial charge in [0.25, 0.3) is 0 Å². The fourth-order valence-electron chi connectivity index (χ4n) is 1.21. The van der Waals surface area contributed by atoms with Gasteiger partial charge in [-0.3, -0.25) is 4.79 Å². The first-order valence-corrected chi connectivity index (χ1v) is 5.33. The molecule has 0 aromatic heterocycles. The molecule has 76 valence electrons. The number of hydrogen-bond donors (Lipinski definition) is 1. The first-order chi connectivity index (χ1) is 6.57. The molecule has 0 bridgehead atoms. The van der Waals surface area contributed by atoms with Crippen LogP contribution in [0.5, 0.6) is 0 Å². The van der Waals surface area contributed by atoms with Crippen molar-refractivity contribution in [2.24, 2.45) is 0 Å². The number of carbonyl (C=O) groups is 1. The molecule has 2 nitrogen and oxygen atoms in total. The summed E-state index contributed by atoms with van der Waals surface area (Å²) in [4.78, 5) is 11.1. The van der Waals surface area contributed by atoms with Gasteiger partial charge in [0.15, 0.2) is 5.78 Å². The van der Waals surface area contributed by atoms with Crippen molar-refractivity contribution in [1.82, 2.24) is 0 Å². The van der Waals surface area contributed by atoms with E-state index < -0.39 is 5.38 Å². The number of aliphatic hydroxyl groups excluding tert-OH is 1. The number of Topliss-reactive ketones (excluding diaryl/α,β-unsaturated/α-hetero) is 1. The molecule has 1 aromatic carbocycles. The number of hydrogen-bond acceptors (Lipinski definition) is 2. The van der Waals surface area contributed by atoms with Gasteiger partial charge in [-0.25, -0.2) is 0 Å². The first kappa shape index (κ1) is 11.7. The Morgan fingerprint density at radius 1 is 1.64 bits per heavy atom. The van der Waals surface area contributed by atoms with Crippen LogP contribution >= 0.6 is 27.5 Å². The molecule has 0 saturated carbocycles. The second-order valence-electron chi connectivity index (χ2n) is 2.94. The van der Waals surface area contributed by atoms with Gasteiger partial charge in [0, 0.05) is 4.47 Å². The van der Waals surface area contributed by atoms with Crippen LogP contribution in [-0.4, -0.2) is 10.9 Å². The molecular formula is C10H10BrClO2. The maximum absolute atomic E-state index is 11.1. The maximum atomic E-state index is 11.1. The Kier molecular flexibility index (Phi) is 4.11. The third-order valence-corrected chi connectivity index (χ3v) is 3.14. The van der Waals surface area contributed by atoms with Crippen molar-refractivity contribution in [3.05, 3.63) is 33.8 Å². The van der Waals surface area contributed by atoms with Gasteiger partial charge in [-0.2, -0.15) is 0 Å². The predicted octanol–water partition coefficient (Wildman–Crippen LogP) is 2.81. The smallest absolute Gasteiger partial charge is 0.152 e. The zero-order valence-corrected chi connectivity index (χ0v) is 9.97. The monoisotopic (exact) mass is 276 g/mol. The normalized spacial score (nSPS) is 12.6. The molecule has 1 unspecified atom stereocenters. The van der Waals surface area contributed by atoms with E-state index in [1.165, 1.54) is 6.92 Å². The summed E-state index contributed by atoms with van der Waals surface area (Å²) < 4.78 is 0.749. The molecule has 4 heteroatoms. The van der Waals surface area contributed by atoms with Crippen LogP contribution in [0.4, 0.5) is 0 Å². The number of aliphatic hydroxyl groups is 1. The van der Waals surface area contributed by atoms with Crippen LogP contribution in [0.15, 0.2) is 22.7 Å². The Balaban J connectivity index is 3.23. The largest absolute Gasteiger partial charge is 0.392 e. The Labute approximate surface area is 96.0 Å². The summed E-state index contributed by atoms with van der Waals surface area (Å²) in [7, 11) is 0. The van der Waals surface area contributed by atoms with Crippen molar-refractivity contribution in [1.29, 1.82) is 0 Å². The molecule has 1 N–H and O–H groups in total. The lowest BCUT2D eigenvalue weighted by molar-refractivity contribution is -0.116. The van der Waals surface area contributed by atoms with Gasteiger partial charge in [0.05, 0.1) is 6.61 Å². The lowest BCUT2D eigenvalue weighted by Gasteiger charge is -2.12. The van der Waals surface area contributed by atoms with Crippen LogP contribution in [0, 0.1) is 0 Å². The molecule has 0 saturated heterocycles. The van der Waals surface area contributed by atoms with Crippen LogP contribution in [0.1, 0.15) is 23.4 Å². The second-order valence-corrected chi connectivity index (χ2v) is 4.23. The number of benzene rings is 1. The van der Waals surface area contributed by atoms with Crippen LogP contribution in [0.3, 0.4) is 0 Å². The van der Waals surface area contributed by atoms with E-state index in [1.807, 2.05) is 0 Å². The van der Waals surface area contributed by atoms with Crippen molar-refractivity contribution in [2.45, 2.75) is 18.9 Å². The minimum Gasteiger partial charge on any atom is -0.392 e. The van der Waals surface area contributed by atoms with E-state index in [0.717, 1.165) is 4.47 Å². The highest BCUT2D eigenvalue weighted by Gasteiger charge is 2.19. The number of ketones is 1. The summed E-state index contributed by atoms with van der Waals surface area (Å²) in [6, 6.07) is 5.34. The topological polar surface area (TPSA) is 37.3 Å². The average molecular weight is 278 g/mol. The molecule has 0 aliphatic heterocycles. The van der Waals surface area contributed by atoms with Gasteiger partial charge < -0.3 is 5.11 Å². The summed E-state index contributed by atoms with van der Waals surface area (Å²) in [6.07, 6.45) is 0. The molecular weight excluding hydrogens is 267 g/mol. The zero-order chi connectivity index (χ0) is 10.7. The van der Waals surface area contributed by atoms with Gasteiger partial charge in [0.2, 0.25) is 0 Å². The molecule has 1 rings (SSSR count). The van der Waals surface area contributed by atoms with Gasteiger partial charge in [-0.05, 0) is 24.1 Å². The molecule has 0 aliphatic rings. The average Bonchev–Trinajstić information content (AvgIpc) is 2.16. The van der Waals surface area contributed by atoms with Gasteiger partial charge >= 0.3 is 0 Å². The fraction of sp³-hybridized carbons (Fsp3) is 0.300. The first-order valence-electron chi connectivity index (χ1n) is 4.10. The molecule has 1 aromatic rings. The van der Waals surface area contributed by atoms with Crippen LogP contribution in [0.2, 0.25) is 0 Å². The molecule has 0 fully saturated rings. The summed E-state index contributed by atoms with van der Waals surface area (Å²) in [5.74, 6) is -0.131. The minimum absolute atomic E-state index is 0.120. The predicted molar refractivity (Wildman–Crippen MR) is 59.3 cm³/mol. The SMILES string of the molecule is CC(=O)C(Cl)c1c(Br)cccc1CO. The van der Waals surface area contributed by atoms with Crippen LogP contribution in [0.25, 0.3) is 0 Å². The Bertz CT molecular complexity index is 352. The van der Waals surface area contributed by atoms with Crippen molar-refractivity contribution >= 4 is 33.3 Å². The Hall–Kier alpha value is -0.380. The highest BCUT2D eigenvalue weighted by molar-refractivity contribution is 9.10. The third kappa shape index (κ3) is 2.35. The van der Waals surface area contributed by atoms with E-state index in [9.17, 15) is 4.79 Å². The summed E-state index contributed by atoms with van der Waals surface area (Å²) in [5, 5.41) is 8.38. The molecule has 0 heterocycles. The number of alkyl halides is 1. The van der Waals surface area contributed by atoms with Crippen molar-refractivity contribution in [3.63, 3.8) is 0 Å². The van der Waals surface area contributed by atoms with Crippen molar-refractivity contribution in [2.75, 3.05) is 0 Å². The van der Waals surface area contributed by atoms with Crippen LogP contribution < -0.4 is 0 Å². The minimum atomic E-state index is -0.701. The molecule has 0 amide bonds. The number of halogens is 2. The van der Waals surface area contributed by atoms with E-state index in [2.05, 4.69) is 15.9 Å². The molecule has 0 radical (unpaired) electrons. The Morgan fingerprint density at radius 3 is 2.79 bits per heavy atom. The fourth-order valence-corrected chi connectivity index (χ4v) is 2.23. The van der Waals surface area contributed by atoms with Gasteiger partial charge in [-0.15, -0.1) is 11.6 Å². The zero-order valence-electron chi connectivity index (χ0n) is 7.63. The lowest BCUT2D eigenvalue weighted by Crippen LogP contribution is -2.06. The van der Waals surface area contributed by atoms with E-state index in [-0.39, 0.29) is 12.4 Å². The van der Waals surface area contributed by atoms with Gasteiger partial charge in [0.1, 0.15) is 5.38 Å². The second kappa shape index (κ2) is 4.91. The molecule has 0 aliphatic carbocycles. The van der Waals surface area contributed by atoms with E-state index >= 15 is 0 Å². The molecule has 14 heavy (non-hydrogen) atoms. The standard InChI is InChI=1S/C10H10BrClO2/c1-6(14)10(12)9-7(5-13)3-2-4-8(9)11/h2-4,10,13H,5H2,1H3. The third-order valence-electron chi connectivity index (χ3n) is 1.92. The van der Waals surface area contributed by atoms with Gasteiger partial charge in [-0.1, -0.05) is 28.1 Å². The van der Waals surface area contributed by atoms with E-state index in [4.69, 9.17) is 16.7 Å². The van der Waals surface area contributed by atoms with E-state index in [1.54, 1.807) is 18.2 Å². The molecule has 1 atom stereocenters. The quantitative estimate of drug-likeness (QED) is 0.863. The van der Waals surface area contributed by atoms with Crippen LogP contribution in [-0.2, 0) is 11.4 Å². The highest BCUT2D eigenvalue weighted by atomic mass is 79.9. The Morgan fingerprint density at radius 2 is 2.29 bits per heavy atom. The number of rotatable bonds is 3. The molecule has 0 spiro atoms.